The molecule has 0 aliphatic heterocycles. The lowest BCUT2D eigenvalue weighted by atomic mass is 10.1. The van der Waals surface area contributed by atoms with Crippen molar-refractivity contribution in [1.29, 1.82) is 0 Å². The van der Waals surface area contributed by atoms with Crippen molar-refractivity contribution in [3.05, 3.63) is 0 Å². The summed E-state index contributed by atoms with van der Waals surface area (Å²) in [6, 6.07) is 3.79. The Morgan fingerprint density at radius 2 is 1.64 bits per heavy atom. The average Bonchev–Trinajstić information content (AvgIpc) is 2.25. The summed E-state index contributed by atoms with van der Waals surface area (Å²) >= 11 is 0. The first-order valence-corrected chi connectivity index (χ1v) is 8.37. The van der Waals surface area contributed by atoms with Crippen molar-refractivity contribution >= 4 is 8.07 Å². The molecule has 0 unspecified atom stereocenters. The molecule has 82 valence electrons. The van der Waals surface area contributed by atoms with Gasteiger partial charge in [0.05, 0.1) is 0 Å². The van der Waals surface area contributed by atoms with E-state index in [0.29, 0.717) is 5.92 Å². The first-order valence-electron chi connectivity index (χ1n) is 5.75. The Kier molecular flexibility index (Phi) is 6.95. The standard InChI is InChI=1S/C12H24OSi/c1-5-14(6-2,7-3)10-8-9-12(4)11-13/h12-13H,5-7,9,11H2,1-4H3/t12-/m1/s1. The number of hydrogen-bond acceptors (Lipinski definition) is 1. The van der Waals surface area contributed by atoms with Crippen molar-refractivity contribution in [3.63, 3.8) is 0 Å². The van der Waals surface area contributed by atoms with E-state index in [-0.39, 0.29) is 6.61 Å². The van der Waals surface area contributed by atoms with Crippen molar-refractivity contribution in [3.8, 4) is 11.5 Å². The lowest BCUT2D eigenvalue weighted by molar-refractivity contribution is 0.240. The van der Waals surface area contributed by atoms with Gasteiger partial charge in [-0.3, -0.25) is 0 Å². The molecule has 0 aromatic heterocycles. The highest BCUT2D eigenvalue weighted by atomic mass is 28.3. The molecule has 0 saturated heterocycles. The van der Waals surface area contributed by atoms with E-state index in [1.807, 2.05) is 6.92 Å². The van der Waals surface area contributed by atoms with E-state index in [1.54, 1.807) is 0 Å². The van der Waals surface area contributed by atoms with Crippen molar-refractivity contribution in [2.45, 2.75) is 52.2 Å². The zero-order valence-electron chi connectivity index (χ0n) is 10.1. The summed E-state index contributed by atoms with van der Waals surface area (Å²) in [5, 5.41) is 8.88. The Balaban J connectivity index is 4.27. The van der Waals surface area contributed by atoms with Crippen LogP contribution in [-0.4, -0.2) is 19.8 Å². The van der Waals surface area contributed by atoms with Crippen LogP contribution < -0.4 is 0 Å². The molecule has 2 heteroatoms. The van der Waals surface area contributed by atoms with Gasteiger partial charge < -0.3 is 5.11 Å². The minimum atomic E-state index is -1.24. The van der Waals surface area contributed by atoms with Crippen LogP contribution in [0.4, 0.5) is 0 Å². The molecule has 0 radical (unpaired) electrons. The van der Waals surface area contributed by atoms with Crippen molar-refractivity contribution in [1.82, 2.24) is 0 Å². The van der Waals surface area contributed by atoms with Crippen LogP contribution in [-0.2, 0) is 0 Å². The molecule has 0 saturated carbocycles. The maximum absolute atomic E-state index is 8.88. The second-order valence-electron chi connectivity index (χ2n) is 4.13. The molecule has 1 nitrogen and oxygen atoms in total. The maximum atomic E-state index is 8.88. The molecule has 1 atom stereocenters. The van der Waals surface area contributed by atoms with Crippen LogP contribution in [0.1, 0.15) is 34.1 Å². The molecule has 1 N–H and O–H groups in total. The van der Waals surface area contributed by atoms with Crippen LogP contribution in [0.25, 0.3) is 0 Å². The SMILES string of the molecule is CC[Si](C#CC[C@@H](C)CO)(CC)CC. The first kappa shape index (κ1) is 13.7. The molecule has 0 spiro atoms. The van der Waals surface area contributed by atoms with Gasteiger partial charge in [0.25, 0.3) is 0 Å². The highest BCUT2D eigenvalue weighted by Crippen LogP contribution is 2.18. The minimum absolute atomic E-state index is 0.258. The third-order valence-corrected chi connectivity index (χ3v) is 7.91. The zero-order valence-corrected chi connectivity index (χ0v) is 11.1. The third kappa shape index (κ3) is 4.30. The lowest BCUT2D eigenvalue weighted by Crippen LogP contribution is -2.29. The van der Waals surface area contributed by atoms with E-state index in [9.17, 15) is 0 Å². The number of aliphatic hydroxyl groups is 1. The molecule has 0 amide bonds. The Morgan fingerprint density at radius 1 is 1.14 bits per heavy atom. The Bertz CT molecular complexity index is 190. The monoisotopic (exact) mass is 212 g/mol. The minimum Gasteiger partial charge on any atom is -0.396 e. The molecule has 0 heterocycles. The van der Waals surface area contributed by atoms with E-state index in [0.717, 1.165) is 6.42 Å². The summed E-state index contributed by atoms with van der Waals surface area (Å²) in [6.07, 6.45) is 0.852. The van der Waals surface area contributed by atoms with Crippen LogP contribution in [0.5, 0.6) is 0 Å². The number of hydrogen-bond donors (Lipinski definition) is 1. The quantitative estimate of drug-likeness (QED) is 0.548. The summed E-state index contributed by atoms with van der Waals surface area (Å²) in [6.45, 7) is 9.10. The number of rotatable bonds is 5. The summed E-state index contributed by atoms with van der Waals surface area (Å²) < 4.78 is 0. The highest BCUT2D eigenvalue weighted by Gasteiger charge is 2.23. The molecule has 14 heavy (non-hydrogen) atoms. The lowest BCUT2D eigenvalue weighted by Gasteiger charge is -2.20. The molecule has 0 aliphatic carbocycles. The van der Waals surface area contributed by atoms with E-state index < -0.39 is 8.07 Å². The fourth-order valence-electron chi connectivity index (χ4n) is 1.49. The van der Waals surface area contributed by atoms with Crippen LogP contribution in [0.3, 0.4) is 0 Å². The van der Waals surface area contributed by atoms with Crippen LogP contribution in [0.2, 0.25) is 18.1 Å². The highest BCUT2D eigenvalue weighted by molar-refractivity contribution is 6.87. The molecule has 0 bridgehead atoms. The van der Waals surface area contributed by atoms with Gasteiger partial charge in [-0.2, -0.15) is 0 Å². The van der Waals surface area contributed by atoms with Crippen molar-refractivity contribution in [2.75, 3.05) is 6.61 Å². The molecule has 0 rings (SSSR count). The summed E-state index contributed by atoms with van der Waals surface area (Å²) in [4.78, 5) is 0. The maximum Gasteiger partial charge on any atom is 0.137 e. The first-order chi connectivity index (χ1) is 6.64. The van der Waals surface area contributed by atoms with Gasteiger partial charge in [0.1, 0.15) is 8.07 Å². The summed E-state index contributed by atoms with van der Waals surface area (Å²) in [5.74, 6) is 3.61. The van der Waals surface area contributed by atoms with Gasteiger partial charge in [-0.05, 0) is 24.1 Å². The van der Waals surface area contributed by atoms with Gasteiger partial charge >= 0.3 is 0 Å². The normalized spacial score (nSPS) is 13.2. The Hall–Kier alpha value is -0.263. The summed E-state index contributed by atoms with van der Waals surface area (Å²) in [7, 11) is -1.24. The van der Waals surface area contributed by atoms with Gasteiger partial charge in [0, 0.05) is 13.0 Å². The molecule has 0 aliphatic rings. The van der Waals surface area contributed by atoms with Crippen LogP contribution in [0.15, 0.2) is 0 Å². The van der Waals surface area contributed by atoms with E-state index in [1.165, 1.54) is 18.1 Å². The van der Waals surface area contributed by atoms with Crippen LogP contribution in [0, 0.1) is 17.4 Å². The topological polar surface area (TPSA) is 20.2 Å². The third-order valence-electron chi connectivity index (χ3n) is 3.15. The fourth-order valence-corrected chi connectivity index (χ4v) is 4.00. The number of aliphatic hydroxyl groups excluding tert-OH is 1. The molecule has 0 aromatic rings. The van der Waals surface area contributed by atoms with E-state index >= 15 is 0 Å². The molecular weight excluding hydrogens is 188 g/mol. The molecular formula is C12H24OSi. The van der Waals surface area contributed by atoms with Crippen LogP contribution >= 0.6 is 0 Å². The van der Waals surface area contributed by atoms with Gasteiger partial charge in [-0.25, -0.2) is 0 Å². The van der Waals surface area contributed by atoms with Crippen molar-refractivity contribution in [2.24, 2.45) is 5.92 Å². The molecule has 0 fully saturated rings. The van der Waals surface area contributed by atoms with Gasteiger partial charge in [-0.1, -0.05) is 27.7 Å². The Labute approximate surface area is 89.9 Å². The predicted octanol–water partition coefficient (Wildman–Crippen LogP) is 3.06. The van der Waals surface area contributed by atoms with E-state index in [2.05, 4.69) is 32.2 Å². The van der Waals surface area contributed by atoms with Gasteiger partial charge in [0.2, 0.25) is 0 Å². The predicted molar refractivity (Wildman–Crippen MR) is 65.8 cm³/mol. The average molecular weight is 212 g/mol. The van der Waals surface area contributed by atoms with Gasteiger partial charge in [0.15, 0.2) is 0 Å². The zero-order chi connectivity index (χ0) is 11.0. The Morgan fingerprint density at radius 3 is 2.00 bits per heavy atom. The van der Waals surface area contributed by atoms with Crippen molar-refractivity contribution < 1.29 is 5.11 Å². The van der Waals surface area contributed by atoms with Gasteiger partial charge in [-0.15, -0.1) is 11.5 Å². The smallest absolute Gasteiger partial charge is 0.137 e. The summed E-state index contributed by atoms with van der Waals surface area (Å²) in [5.41, 5.74) is 3.53. The fraction of sp³-hybridized carbons (Fsp3) is 0.833. The second kappa shape index (κ2) is 7.08. The largest absolute Gasteiger partial charge is 0.396 e. The molecule has 0 aromatic carbocycles. The van der Waals surface area contributed by atoms with E-state index in [4.69, 9.17) is 5.11 Å². The second-order valence-corrected chi connectivity index (χ2v) is 9.07.